The van der Waals surface area contributed by atoms with Gasteiger partial charge in [0, 0.05) is 6.54 Å². The second-order valence-corrected chi connectivity index (χ2v) is 3.96. The molecule has 0 amide bonds. The molecule has 7 heteroatoms. The number of carbonyl (C=O) groups is 1. The van der Waals surface area contributed by atoms with Crippen LogP contribution in [0, 0.1) is 0 Å². The molecule has 0 spiro atoms. The fraction of sp³-hybridized carbons (Fsp3) is 0.571. The molecule has 0 saturated carbocycles. The van der Waals surface area contributed by atoms with Crippen LogP contribution >= 0.6 is 11.8 Å². The molecule has 6 nitrogen and oxygen atoms in total. The molecule has 0 aromatic carbocycles. The van der Waals surface area contributed by atoms with E-state index in [1.165, 1.54) is 4.57 Å². The lowest BCUT2D eigenvalue weighted by Crippen LogP contribution is -2.18. The molecule has 78 valence electrons. The van der Waals surface area contributed by atoms with Crippen molar-refractivity contribution in [2.75, 3.05) is 0 Å². The highest BCUT2D eigenvalue weighted by atomic mass is 32.2. The summed E-state index contributed by atoms with van der Waals surface area (Å²) in [5.74, 6) is -0.923. The van der Waals surface area contributed by atoms with Crippen molar-refractivity contribution in [2.45, 2.75) is 30.8 Å². The van der Waals surface area contributed by atoms with Crippen molar-refractivity contribution in [1.82, 2.24) is 14.8 Å². The van der Waals surface area contributed by atoms with Crippen LogP contribution in [0.5, 0.6) is 0 Å². The molecule has 0 aliphatic carbocycles. The fourth-order valence-electron chi connectivity index (χ4n) is 0.881. The van der Waals surface area contributed by atoms with Crippen LogP contribution in [0.25, 0.3) is 0 Å². The number of rotatable bonds is 4. The molecule has 0 aliphatic heterocycles. The van der Waals surface area contributed by atoms with Gasteiger partial charge in [0.15, 0.2) is 5.16 Å². The number of carboxylic acids is 1. The molecular weight excluding hydrogens is 206 g/mol. The number of nitrogens with one attached hydrogen (secondary N) is 1. The van der Waals surface area contributed by atoms with Crippen LogP contribution < -0.4 is 5.69 Å². The summed E-state index contributed by atoms with van der Waals surface area (Å²) >= 11 is 1.04. The van der Waals surface area contributed by atoms with Crippen molar-refractivity contribution >= 4 is 17.7 Å². The first-order chi connectivity index (χ1) is 6.56. The number of aromatic amines is 1. The molecule has 2 N–H and O–H groups in total. The Morgan fingerprint density at radius 1 is 1.79 bits per heavy atom. The lowest BCUT2D eigenvalue weighted by atomic mass is 10.5. The largest absolute Gasteiger partial charge is 0.480 e. The number of carboxylic acid groups (broad SMARTS) is 1. The summed E-state index contributed by atoms with van der Waals surface area (Å²) < 4.78 is 1.39. The number of hydrogen-bond acceptors (Lipinski definition) is 4. The highest BCUT2D eigenvalue weighted by Crippen LogP contribution is 2.19. The summed E-state index contributed by atoms with van der Waals surface area (Å²) in [6.45, 7) is 3.82. The van der Waals surface area contributed by atoms with Gasteiger partial charge < -0.3 is 5.11 Å². The van der Waals surface area contributed by atoms with Gasteiger partial charge in [-0.3, -0.25) is 9.36 Å². The molecule has 1 atom stereocenters. The van der Waals surface area contributed by atoms with Crippen LogP contribution in [0.1, 0.15) is 13.8 Å². The average molecular weight is 217 g/mol. The molecule has 1 aromatic heterocycles. The molecule has 0 aliphatic rings. The van der Waals surface area contributed by atoms with Crippen molar-refractivity contribution in [2.24, 2.45) is 0 Å². The van der Waals surface area contributed by atoms with Gasteiger partial charge in [-0.2, -0.15) is 0 Å². The second kappa shape index (κ2) is 4.32. The van der Waals surface area contributed by atoms with E-state index in [9.17, 15) is 9.59 Å². The molecule has 1 aromatic rings. The number of nitrogens with zero attached hydrogens (tertiary/aromatic N) is 2. The summed E-state index contributed by atoms with van der Waals surface area (Å²) in [5.41, 5.74) is -0.312. The van der Waals surface area contributed by atoms with Gasteiger partial charge in [-0.15, -0.1) is 5.10 Å². The zero-order valence-corrected chi connectivity index (χ0v) is 8.67. The third-order valence-electron chi connectivity index (χ3n) is 1.67. The van der Waals surface area contributed by atoms with E-state index >= 15 is 0 Å². The van der Waals surface area contributed by atoms with E-state index < -0.39 is 11.2 Å². The summed E-state index contributed by atoms with van der Waals surface area (Å²) in [5, 5.41) is 14.5. The van der Waals surface area contributed by atoms with Crippen molar-refractivity contribution in [3.8, 4) is 0 Å². The molecule has 0 saturated heterocycles. The van der Waals surface area contributed by atoms with Gasteiger partial charge in [-0.05, 0) is 13.8 Å². The van der Waals surface area contributed by atoms with Gasteiger partial charge in [0.1, 0.15) is 5.25 Å². The quantitative estimate of drug-likeness (QED) is 0.701. The van der Waals surface area contributed by atoms with Gasteiger partial charge in [-0.1, -0.05) is 11.8 Å². The molecule has 1 rings (SSSR count). The summed E-state index contributed by atoms with van der Waals surface area (Å²) in [7, 11) is 0. The molecule has 1 heterocycles. The lowest BCUT2D eigenvalue weighted by Gasteiger charge is -2.04. The molecule has 0 radical (unpaired) electrons. The Kier molecular flexibility index (Phi) is 3.34. The van der Waals surface area contributed by atoms with E-state index in [0.29, 0.717) is 11.7 Å². The monoisotopic (exact) mass is 217 g/mol. The minimum atomic E-state index is -0.923. The summed E-state index contributed by atoms with van der Waals surface area (Å²) in [6, 6.07) is 0. The summed E-state index contributed by atoms with van der Waals surface area (Å²) in [6.07, 6.45) is 0. The number of aromatic nitrogens is 3. The van der Waals surface area contributed by atoms with Crippen LogP contribution in [0.15, 0.2) is 9.95 Å². The van der Waals surface area contributed by atoms with Crippen LogP contribution in [-0.2, 0) is 11.3 Å². The highest BCUT2D eigenvalue weighted by molar-refractivity contribution is 8.00. The van der Waals surface area contributed by atoms with Crippen LogP contribution in [0.2, 0.25) is 0 Å². The molecular formula is C7H11N3O3S. The Balaban J connectivity index is 2.86. The van der Waals surface area contributed by atoms with Crippen LogP contribution in [-0.4, -0.2) is 31.1 Å². The topological polar surface area (TPSA) is 88.0 Å². The number of hydrogen-bond donors (Lipinski definition) is 2. The Labute approximate surface area is 84.3 Å². The average Bonchev–Trinajstić information content (AvgIpc) is 2.46. The second-order valence-electron chi connectivity index (χ2n) is 2.65. The number of aliphatic carboxylic acids is 1. The Bertz CT molecular complexity index is 384. The van der Waals surface area contributed by atoms with Crippen LogP contribution in [0.4, 0.5) is 0 Å². The molecule has 0 fully saturated rings. The van der Waals surface area contributed by atoms with Crippen molar-refractivity contribution < 1.29 is 9.90 Å². The highest BCUT2D eigenvalue weighted by Gasteiger charge is 2.16. The van der Waals surface area contributed by atoms with Gasteiger partial charge in [0.05, 0.1) is 0 Å². The van der Waals surface area contributed by atoms with E-state index in [1.54, 1.807) is 13.8 Å². The predicted octanol–water partition coefficient (Wildman–Crippen LogP) is 0.156. The molecule has 0 bridgehead atoms. The zero-order valence-electron chi connectivity index (χ0n) is 7.85. The standard InChI is InChI=1S/C7H11N3O3S/c1-3-10-6(13)8-9-7(10)14-4(2)5(11)12/h4H,3H2,1-2H3,(H,8,13)(H,11,12). The predicted molar refractivity (Wildman–Crippen MR) is 51.5 cm³/mol. The first kappa shape index (κ1) is 10.8. The van der Waals surface area contributed by atoms with Crippen molar-refractivity contribution in [3.63, 3.8) is 0 Å². The minimum absolute atomic E-state index is 0.312. The summed E-state index contributed by atoms with van der Waals surface area (Å²) in [4.78, 5) is 21.7. The first-order valence-corrected chi connectivity index (χ1v) is 4.99. The lowest BCUT2D eigenvalue weighted by molar-refractivity contribution is -0.136. The minimum Gasteiger partial charge on any atom is -0.480 e. The third-order valence-corrected chi connectivity index (χ3v) is 2.75. The molecule has 14 heavy (non-hydrogen) atoms. The van der Waals surface area contributed by atoms with E-state index in [0.717, 1.165) is 11.8 Å². The fourth-order valence-corrected chi connectivity index (χ4v) is 1.74. The maximum atomic E-state index is 11.1. The van der Waals surface area contributed by atoms with Gasteiger partial charge in [-0.25, -0.2) is 9.89 Å². The van der Waals surface area contributed by atoms with E-state index in [1.807, 2.05) is 0 Å². The number of thioether (sulfide) groups is 1. The normalized spacial score (nSPS) is 12.7. The Morgan fingerprint density at radius 2 is 2.43 bits per heavy atom. The molecule has 1 unspecified atom stereocenters. The maximum Gasteiger partial charge on any atom is 0.343 e. The van der Waals surface area contributed by atoms with Gasteiger partial charge in [0.2, 0.25) is 0 Å². The van der Waals surface area contributed by atoms with Crippen molar-refractivity contribution in [1.29, 1.82) is 0 Å². The first-order valence-electron chi connectivity index (χ1n) is 4.11. The Morgan fingerprint density at radius 3 is 2.93 bits per heavy atom. The van der Waals surface area contributed by atoms with Crippen molar-refractivity contribution in [3.05, 3.63) is 10.5 Å². The van der Waals surface area contributed by atoms with E-state index in [-0.39, 0.29) is 5.69 Å². The Hall–Kier alpha value is -1.24. The van der Waals surface area contributed by atoms with Gasteiger partial charge >= 0.3 is 11.7 Å². The van der Waals surface area contributed by atoms with Gasteiger partial charge in [0.25, 0.3) is 0 Å². The van der Waals surface area contributed by atoms with E-state index in [4.69, 9.17) is 5.11 Å². The maximum absolute atomic E-state index is 11.1. The third kappa shape index (κ3) is 2.16. The van der Waals surface area contributed by atoms with Crippen LogP contribution in [0.3, 0.4) is 0 Å². The SMILES string of the molecule is CCn1c(SC(C)C(=O)O)n[nH]c1=O. The smallest absolute Gasteiger partial charge is 0.343 e. The zero-order chi connectivity index (χ0) is 10.7. The number of H-pyrrole nitrogens is 1. The van der Waals surface area contributed by atoms with E-state index in [2.05, 4.69) is 10.2 Å².